The number of hydrogen-bond acceptors (Lipinski definition) is 3. The fourth-order valence-electron chi connectivity index (χ4n) is 1.49. The van der Waals surface area contributed by atoms with Crippen molar-refractivity contribution in [3.05, 3.63) is 0 Å². The van der Waals surface area contributed by atoms with E-state index in [0.717, 1.165) is 6.42 Å². The van der Waals surface area contributed by atoms with E-state index in [2.05, 4.69) is 5.32 Å². The predicted octanol–water partition coefficient (Wildman–Crippen LogP) is 0.509. The molecule has 0 rings (SSSR count). The molecule has 0 aromatic carbocycles. The van der Waals surface area contributed by atoms with E-state index in [4.69, 9.17) is 10.2 Å². The van der Waals surface area contributed by atoms with E-state index in [1.807, 2.05) is 6.92 Å². The second kappa shape index (κ2) is 7.89. The lowest BCUT2D eigenvalue weighted by atomic mass is 10.0. The summed E-state index contributed by atoms with van der Waals surface area (Å²) in [6, 6.07) is -0.367. The Morgan fingerprint density at radius 2 is 2.00 bits per heavy atom. The van der Waals surface area contributed by atoms with Gasteiger partial charge in [0.05, 0.1) is 12.0 Å². The number of nitrogens with one attached hydrogen (secondary N) is 1. The molecule has 0 radical (unpaired) electrons. The number of rotatable bonds is 7. The van der Waals surface area contributed by atoms with Crippen LogP contribution in [0.3, 0.4) is 0 Å². The van der Waals surface area contributed by atoms with Gasteiger partial charge in [0, 0.05) is 20.1 Å². The average Bonchev–Trinajstić information content (AvgIpc) is 2.22. The smallest absolute Gasteiger partial charge is 0.317 e. The van der Waals surface area contributed by atoms with Crippen LogP contribution in [0.5, 0.6) is 0 Å². The summed E-state index contributed by atoms with van der Waals surface area (Å²) in [5.41, 5.74) is 0. The Morgan fingerprint density at radius 1 is 1.41 bits per heavy atom. The van der Waals surface area contributed by atoms with Crippen molar-refractivity contribution in [2.24, 2.45) is 5.92 Å². The Hall–Kier alpha value is -1.30. The van der Waals surface area contributed by atoms with E-state index < -0.39 is 18.0 Å². The van der Waals surface area contributed by atoms with Gasteiger partial charge in [0.15, 0.2) is 0 Å². The number of carboxylic acids is 1. The molecule has 3 N–H and O–H groups in total. The molecule has 0 aliphatic rings. The molecule has 2 atom stereocenters. The maximum atomic E-state index is 11.5. The number of aliphatic hydroxyl groups is 1. The maximum Gasteiger partial charge on any atom is 0.317 e. The third kappa shape index (κ3) is 6.78. The number of carboxylic acid groups (broad SMARTS) is 1. The van der Waals surface area contributed by atoms with Crippen LogP contribution in [0.4, 0.5) is 4.79 Å². The maximum absolute atomic E-state index is 11.5. The van der Waals surface area contributed by atoms with Crippen LogP contribution in [-0.2, 0) is 4.79 Å². The third-order valence-electron chi connectivity index (χ3n) is 2.37. The van der Waals surface area contributed by atoms with Gasteiger partial charge in [-0.25, -0.2) is 4.79 Å². The van der Waals surface area contributed by atoms with Crippen LogP contribution in [0.15, 0.2) is 0 Å². The van der Waals surface area contributed by atoms with Gasteiger partial charge in [-0.2, -0.15) is 0 Å². The SMILES string of the molecule is CCCC(CNC(=O)N(C)CC(C)O)C(=O)O. The summed E-state index contributed by atoms with van der Waals surface area (Å²) in [4.78, 5) is 23.7. The molecule has 0 aliphatic carbocycles. The highest BCUT2D eigenvalue weighted by Crippen LogP contribution is 2.05. The molecule has 0 saturated heterocycles. The van der Waals surface area contributed by atoms with Gasteiger partial charge in [0.2, 0.25) is 0 Å². The number of aliphatic hydroxyl groups excluding tert-OH is 1. The van der Waals surface area contributed by atoms with Gasteiger partial charge in [0.1, 0.15) is 0 Å². The van der Waals surface area contributed by atoms with E-state index >= 15 is 0 Å². The molecule has 2 amide bonds. The van der Waals surface area contributed by atoms with Crippen LogP contribution in [0.1, 0.15) is 26.7 Å². The standard InChI is InChI=1S/C11H22N2O4/c1-4-5-9(10(15)16)6-12-11(17)13(3)7-8(2)14/h8-9,14H,4-7H2,1-3H3,(H,12,17)(H,15,16). The molecule has 0 aromatic rings. The summed E-state index contributed by atoms with van der Waals surface area (Å²) in [5.74, 6) is -1.45. The normalized spacial score (nSPS) is 13.9. The number of likely N-dealkylation sites (N-methyl/N-ethyl adjacent to an activating group) is 1. The fraction of sp³-hybridized carbons (Fsp3) is 0.818. The summed E-state index contributed by atoms with van der Waals surface area (Å²) in [5, 5.41) is 20.6. The van der Waals surface area contributed by atoms with E-state index in [0.29, 0.717) is 6.42 Å². The van der Waals surface area contributed by atoms with Crippen molar-refractivity contribution in [1.82, 2.24) is 10.2 Å². The summed E-state index contributed by atoms with van der Waals surface area (Å²) in [6.45, 7) is 3.82. The highest BCUT2D eigenvalue weighted by molar-refractivity contribution is 5.75. The minimum atomic E-state index is -0.898. The largest absolute Gasteiger partial charge is 0.481 e. The number of amides is 2. The molecule has 17 heavy (non-hydrogen) atoms. The van der Waals surface area contributed by atoms with Crippen molar-refractivity contribution < 1.29 is 19.8 Å². The Labute approximate surface area is 102 Å². The second-order valence-electron chi connectivity index (χ2n) is 4.24. The first-order valence-electron chi connectivity index (χ1n) is 5.78. The molecule has 0 heterocycles. The second-order valence-corrected chi connectivity index (χ2v) is 4.24. The molecule has 0 aliphatic heterocycles. The predicted molar refractivity (Wildman–Crippen MR) is 63.7 cm³/mol. The van der Waals surface area contributed by atoms with Gasteiger partial charge in [-0.15, -0.1) is 0 Å². The lowest BCUT2D eigenvalue weighted by Gasteiger charge is -2.20. The van der Waals surface area contributed by atoms with Crippen molar-refractivity contribution in [1.29, 1.82) is 0 Å². The zero-order chi connectivity index (χ0) is 13.4. The molecular weight excluding hydrogens is 224 g/mol. The van der Waals surface area contributed by atoms with Crippen molar-refractivity contribution in [3.63, 3.8) is 0 Å². The van der Waals surface area contributed by atoms with Crippen molar-refractivity contribution in [2.45, 2.75) is 32.8 Å². The molecular formula is C11H22N2O4. The molecule has 0 fully saturated rings. The first kappa shape index (κ1) is 15.7. The molecule has 6 nitrogen and oxygen atoms in total. The van der Waals surface area contributed by atoms with Gasteiger partial charge in [-0.1, -0.05) is 13.3 Å². The quantitative estimate of drug-likeness (QED) is 0.610. The fourth-order valence-corrected chi connectivity index (χ4v) is 1.49. The molecule has 0 bridgehead atoms. The van der Waals surface area contributed by atoms with Gasteiger partial charge in [-0.3, -0.25) is 4.79 Å². The van der Waals surface area contributed by atoms with Crippen LogP contribution in [0.25, 0.3) is 0 Å². The molecule has 6 heteroatoms. The monoisotopic (exact) mass is 246 g/mol. The Kier molecular flexibility index (Phi) is 7.29. The lowest BCUT2D eigenvalue weighted by Crippen LogP contribution is -2.43. The third-order valence-corrected chi connectivity index (χ3v) is 2.37. The number of carbonyl (C=O) groups is 2. The average molecular weight is 246 g/mol. The van der Waals surface area contributed by atoms with Crippen LogP contribution in [0, 0.1) is 5.92 Å². The van der Waals surface area contributed by atoms with E-state index in [-0.39, 0.29) is 19.1 Å². The van der Waals surface area contributed by atoms with Crippen molar-refractivity contribution in [2.75, 3.05) is 20.1 Å². The van der Waals surface area contributed by atoms with Crippen LogP contribution in [0.2, 0.25) is 0 Å². The number of carbonyl (C=O) groups excluding carboxylic acids is 1. The molecule has 100 valence electrons. The Balaban J connectivity index is 4.07. The molecule has 0 aromatic heterocycles. The van der Waals surface area contributed by atoms with E-state index in [9.17, 15) is 9.59 Å². The molecule has 2 unspecified atom stereocenters. The summed E-state index contributed by atoms with van der Waals surface area (Å²) >= 11 is 0. The topological polar surface area (TPSA) is 89.9 Å². The minimum absolute atomic E-state index is 0.117. The summed E-state index contributed by atoms with van der Waals surface area (Å²) < 4.78 is 0. The zero-order valence-electron chi connectivity index (χ0n) is 10.6. The highest BCUT2D eigenvalue weighted by Gasteiger charge is 2.18. The molecule has 0 saturated carbocycles. The van der Waals surface area contributed by atoms with Crippen LogP contribution in [-0.4, -0.2) is 53.4 Å². The summed E-state index contributed by atoms with van der Waals surface area (Å²) in [7, 11) is 1.55. The minimum Gasteiger partial charge on any atom is -0.481 e. The van der Waals surface area contributed by atoms with Crippen molar-refractivity contribution in [3.8, 4) is 0 Å². The summed E-state index contributed by atoms with van der Waals surface area (Å²) in [6.07, 6.45) is 0.697. The Morgan fingerprint density at radius 3 is 2.41 bits per heavy atom. The van der Waals surface area contributed by atoms with Crippen LogP contribution >= 0.6 is 0 Å². The van der Waals surface area contributed by atoms with Gasteiger partial charge >= 0.3 is 12.0 Å². The first-order valence-corrected chi connectivity index (χ1v) is 5.78. The van der Waals surface area contributed by atoms with Gasteiger partial charge in [0.25, 0.3) is 0 Å². The van der Waals surface area contributed by atoms with E-state index in [1.54, 1.807) is 14.0 Å². The van der Waals surface area contributed by atoms with Crippen molar-refractivity contribution >= 4 is 12.0 Å². The first-order chi connectivity index (χ1) is 7.88. The zero-order valence-corrected chi connectivity index (χ0v) is 10.6. The van der Waals surface area contributed by atoms with E-state index in [1.165, 1.54) is 4.90 Å². The van der Waals surface area contributed by atoms with Gasteiger partial charge < -0.3 is 20.4 Å². The number of urea groups is 1. The highest BCUT2D eigenvalue weighted by atomic mass is 16.4. The van der Waals surface area contributed by atoms with Crippen LogP contribution < -0.4 is 5.32 Å². The number of aliphatic carboxylic acids is 1. The van der Waals surface area contributed by atoms with Gasteiger partial charge in [-0.05, 0) is 13.3 Å². The lowest BCUT2D eigenvalue weighted by molar-refractivity contribution is -0.141. The Bertz CT molecular complexity index is 256. The molecule has 0 spiro atoms. The number of nitrogens with zero attached hydrogens (tertiary/aromatic N) is 1. The number of hydrogen-bond donors (Lipinski definition) is 3.